The highest BCUT2D eigenvalue weighted by atomic mass is 19.3. The molecule has 1 amide bonds. The van der Waals surface area contributed by atoms with Crippen molar-refractivity contribution >= 4 is 28.2 Å². The molecular weight excluding hydrogens is 440 g/mol. The van der Waals surface area contributed by atoms with Crippen LogP contribution in [0.25, 0.3) is 16.5 Å². The average Bonchev–Trinajstić information content (AvgIpc) is 2.81. The zero-order valence-electron chi connectivity index (χ0n) is 19.6. The van der Waals surface area contributed by atoms with Crippen LogP contribution in [-0.4, -0.2) is 38.7 Å². The van der Waals surface area contributed by atoms with Crippen LogP contribution in [0.2, 0.25) is 0 Å². The van der Waals surface area contributed by atoms with Crippen LogP contribution in [0.3, 0.4) is 0 Å². The van der Waals surface area contributed by atoms with Crippen molar-refractivity contribution in [2.24, 2.45) is 7.05 Å². The number of hydrogen-bond donors (Lipinski definition) is 1. The van der Waals surface area contributed by atoms with E-state index >= 15 is 0 Å². The number of hydrogen-bond acceptors (Lipinski definition) is 5. The number of aryl methyl sites for hydroxylation is 1. The summed E-state index contributed by atoms with van der Waals surface area (Å²) < 4.78 is 29.1. The first kappa shape index (κ1) is 23.5. The second kappa shape index (κ2) is 8.96. The minimum Gasteiger partial charge on any atom is -0.361 e. The van der Waals surface area contributed by atoms with Gasteiger partial charge in [-0.2, -0.15) is 5.10 Å². The van der Waals surface area contributed by atoms with Gasteiger partial charge in [0.15, 0.2) is 5.82 Å². The molecule has 0 saturated carbocycles. The summed E-state index contributed by atoms with van der Waals surface area (Å²) in [6, 6.07) is 7.73. The molecule has 3 aromatic rings. The minimum absolute atomic E-state index is 0.00219. The average molecular weight is 468 g/mol. The van der Waals surface area contributed by atoms with E-state index in [0.29, 0.717) is 47.4 Å². The fourth-order valence-electron chi connectivity index (χ4n) is 4.20. The second-order valence-corrected chi connectivity index (χ2v) is 8.74. The number of anilines is 1. The molecule has 1 aromatic carbocycles. The third-order valence-corrected chi connectivity index (χ3v) is 6.30. The fraction of sp³-hybridized carbons (Fsp3) is 0.360. The predicted molar refractivity (Wildman–Crippen MR) is 128 cm³/mol. The van der Waals surface area contributed by atoms with Crippen molar-refractivity contribution in [1.82, 2.24) is 19.7 Å². The Balaban J connectivity index is 1.72. The first-order chi connectivity index (χ1) is 16.1. The number of carbonyl (C=O) groups is 1. The van der Waals surface area contributed by atoms with E-state index in [-0.39, 0.29) is 23.1 Å². The molecule has 34 heavy (non-hydrogen) atoms. The number of pyridine rings is 1. The molecule has 0 unspecified atom stereocenters. The molecule has 178 valence electrons. The maximum Gasteiger partial charge on any atom is 0.270 e. The lowest BCUT2D eigenvalue weighted by atomic mass is 9.99. The van der Waals surface area contributed by atoms with Crippen molar-refractivity contribution in [3.05, 3.63) is 69.6 Å². The highest BCUT2D eigenvalue weighted by Crippen LogP contribution is 2.31. The number of halogens is 2. The summed E-state index contributed by atoms with van der Waals surface area (Å²) in [5.41, 5.74) is 2.51. The topological polar surface area (TPSA) is 80.1 Å². The molecule has 1 atom stereocenters. The van der Waals surface area contributed by atoms with Crippen LogP contribution in [0.1, 0.15) is 49.9 Å². The van der Waals surface area contributed by atoms with E-state index in [1.54, 1.807) is 30.1 Å². The Morgan fingerprint density at radius 1 is 1.26 bits per heavy atom. The van der Waals surface area contributed by atoms with Gasteiger partial charge in [-0.1, -0.05) is 24.3 Å². The van der Waals surface area contributed by atoms with Gasteiger partial charge in [-0.15, -0.1) is 5.10 Å². The number of nitrogens with zero attached hydrogens (tertiary/aromatic N) is 4. The highest BCUT2D eigenvalue weighted by molar-refractivity contribution is 5.91. The Morgan fingerprint density at radius 3 is 2.68 bits per heavy atom. The molecule has 0 bridgehead atoms. The molecule has 7 nitrogen and oxygen atoms in total. The fourth-order valence-corrected chi connectivity index (χ4v) is 4.20. The Kier molecular flexibility index (Phi) is 6.20. The predicted octanol–water partition coefficient (Wildman–Crippen LogP) is 4.25. The number of rotatable bonds is 5. The zero-order valence-corrected chi connectivity index (χ0v) is 19.6. The van der Waals surface area contributed by atoms with Crippen LogP contribution in [0.5, 0.6) is 0 Å². The van der Waals surface area contributed by atoms with Gasteiger partial charge in [0.05, 0.1) is 17.8 Å². The summed E-state index contributed by atoms with van der Waals surface area (Å²) in [4.78, 5) is 26.5. The second-order valence-electron chi connectivity index (χ2n) is 8.74. The van der Waals surface area contributed by atoms with Crippen LogP contribution >= 0.6 is 0 Å². The lowest BCUT2D eigenvalue weighted by molar-refractivity contribution is -0.128. The van der Waals surface area contributed by atoms with Gasteiger partial charge in [-0.05, 0) is 36.6 Å². The van der Waals surface area contributed by atoms with Gasteiger partial charge in [0.25, 0.3) is 11.5 Å². The molecule has 3 heterocycles. The van der Waals surface area contributed by atoms with Crippen LogP contribution in [-0.2, 0) is 17.8 Å². The summed E-state index contributed by atoms with van der Waals surface area (Å²) >= 11 is 0. The summed E-state index contributed by atoms with van der Waals surface area (Å²) in [6.07, 6.45) is 4.02. The van der Waals surface area contributed by atoms with Crippen molar-refractivity contribution in [2.75, 3.05) is 18.4 Å². The molecule has 1 aliphatic heterocycles. The Labute approximate surface area is 196 Å². The quantitative estimate of drug-likeness (QED) is 0.607. The van der Waals surface area contributed by atoms with Crippen LogP contribution < -0.4 is 10.9 Å². The first-order valence-electron chi connectivity index (χ1n) is 11.1. The van der Waals surface area contributed by atoms with Crippen molar-refractivity contribution in [3.8, 4) is 0 Å². The van der Waals surface area contributed by atoms with Crippen LogP contribution in [0.15, 0.2) is 47.4 Å². The number of benzene rings is 1. The van der Waals surface area contributed by atoms with Gasteiger partial charge in [0.2, 0.25) is 5.91 Å². The molecule has 1 aliphatic rings. The number of alkyl halides is 2. The van der Waals surface area contributed by atoms with Gasteiger partial charge < -0.3 is 14.8 Å². The summed E-state index contributed by atoms with van der Waals surface area (Å²) in [7, 11) is 1.68. The first-order valence-corrected chi connectivity index (χ1v) is 11.1. The molecule has 1 N–H and O–H groups in total. The molecule has 0 spiro atoms. The van der Waals surface area contributed by atoms with E-state index < -0.39 is 5.92 Å². The van der Waals surface area contributed by atoms with E-state index in [9.17, 15) is 18.4 Å². The smallest absolute Gasteiger partial charge is 0.270 e. The zero-order chi connectivity index (χ0) is 24.6. The third kappa shape index (κ3) is 4.55. The number of aromatic nitrogens is 3. The summed E-state index contributed by atoms with van der Waals surface area (Å²) in [6.45, 7) is 5.27. The standard InChI is InChI=1S/C25H27F2N5O2/c1-15(18-6-5-7-19(12-18)25(3,26)27)29-23-21-13-20(17-8-10-32(11-9-17)16(2)33)24(34)31(4)22(21)14-28-30-23/h5-8,12-15H,9-11H2,1-4H3,(H,29,30)/t15-/m1/s1. The SMILES string of the molecule is CC(=O)N1CC=C(c2cc3c(N[C@H](C)c4cccc(C(C)(F)F)c4)nncc3n(C)c2=O)CC1. The lowest BCUT2D eigenvalue weighted by Crippen LogP contribution is -2.33. The molecule has 9 heteroatoms. The molecule has 4 rings (SSSR count). The maximum atomic E-state index is 13.8. The van der Waals surface area contributed by atoms with Crippen molar-refractivity contribution < 1.29 is 13.6 Å². The number of carbonyl (C=O) groups excluding carboxylic acids is 1. The minimum atomic E-state index is -2.94. The molecule has 2 aromatic heterocycles. The highest BCUT2D eigenvalue weighted by Gasteiger charge is 2.25. The monoisotopic (exact) mass is 467 g/mol. The number of nitrogens with one attached hydrogen (secondary N) is 1. The Bertz CT molecular complexity index is 1340. The van der Waals surface area contributed by atoms with Crippen molar-refractivity contribution in [1.29, 1.82) is 0 Å². The molecule has 0 saturated heterocycles. The normalized spacial score (nSPS) is 15.2. The van der Waals surface area contributed by atoms with Crippen LogP contribution in [0.4, 0.5) is 14.6 Å². The third-order valence-electron chi connectivity index (χ3n) is 6.30. The van der Waals surface area contributed by atoms with Gasteiger partial charge in [-0.3, -0.25) is 9.59 Å². The van der Waals surface area contributed by atoms with Gasteiger partial charge in [0, 0.05) is 50.5 Å². The van der Waals surface area contributed by atoms with Gasteiger partial charge in [-0.25, -0.2) is 8.78 Å². The summed E-state index contributed by atoms with van der Waals surface area (Å²) in [5.74, 6) is -2.48. The molecular formula is C25H27F2N5O2. The van der Waals surface area contributed by atoms with E-state index in [0.717, 1.165) is 12.5 Å². The summed E-state index contributed by atoms with van der Waals surface area (Å²) in [5, 5.41) is 12.2. The van der Waals surface area contributed by atoms with Gasteiger partial charge in [0.1, 0.15) is 0 Å². The largest absolute Gasteiger partial charge is 0.361 e. The Morgan fingerprint density at radius 2 is 2.03 bits per heavy atom. The molecule has 0 aliphatic carbocycles. The number of amides is 1. The van der Waals surface area contributed by atoms with E-state index in [1.807, 2.05) is 13.0 Å². The van der Waals surface area contributed by atoms with Crippen molar-refractivity contribution in [3.63, 3.8) is 0 Å². The van der Waals surface area contributed by atoms with E-state index in [4.69, 9.17) is 0 Å². The Hall–Kier alpha value is -3.62. The van der Waals surface area contributed by atoms with Gasteiger partial charge >= 0.3 is 0 Å². The van der Waals surface area contributed by atoms with Crippen molar-refractivity contribution in [2.45, 2.75) is 39.2 Å². The number of fused-ring (bicyclic) bond motifs is 1. The lowest BCUT2D eigenvalue weighted by Gasteiger charge is -2.25. The van der Waals surface area contributed by atoms with Crippen LogP contribution in [0, 0.1) is 0 Å². The molecule has 0 radical (unpaired) electrons. The van der Waals surface area contributed by atoms with E-state index in [1.165, 1.54) is 29.8 Å². The maximum absolute atomic E-state index is 13.8. The molecule has 0 fully saturated rings. The van der Waals surface area contributed by atoms with E-state index in [2.05, 4.69) is 15.5 Å².